The lowest BCUT2D eigenvalue weighted by atomic mass is 9.97. The van der Waals surface area contributed by atoms with E-state index >= 15 is 0 Å². The van der Waals surface area contributed by atoms with Crippen LogP contribution < -0.4 is 9.44 Å². The molecule has 4 rings (SSSR count). The largest absolute Gasteiger partial charge is 0.299 e. The number of benzene rings is 3. The minimum Gasteiger partial charge on any atom is -0.270 e. The minimum absolute atomic E-state index is 0.228. The van der Waals surface area contributed by atoms with E-state index in [1.54, 1.807) is 12.1 Å². The topological polar surface area (TPSA) is 58.2 Å². The van der Waals surface area contributed by atoms with Crippen LogP contribution in [0.2, 0.25) is 5.02 Å². The fourth-order valence-electron chi connectivity index (χ4n) is 2.85. The van der Waals surface area contributed by atoms with Gasteiger partial charge in [0.25, 0.3) is 10.2 Å². The summed E-state index contributed by atoms with van der Waals surface area (Å²) in [5.74, 6) is 0. The minimum atomic E-state index is -3.53. The van der Waals surface area contributed by atoms with E-state index in [-0.39, 0.29) is 6.54 Å². The van der Waals surface area contributed by atoms with Gasteiger partial charge >= 0.3 is 0 Å². The first-order chi connectivity index (χ1) is 11.0. The maximum atomic E-state index is 11.8. The van der Waals surface area contributed by atoms with Crippen LogP contribution in [0, 0.1) is 0 Å². The van der Waals surface area contributed by atoms with Crippen LogP contribution in [0.5, 0.6) is 0 Å². The molecule has 3 aromatic carbocycles. The molecule has 1 aliphatic heterocycles. The average molecular weight is 345 g/mol. The molecule has 0 fully saturated rings. The van der Waals surface area contributed by atoms with Gasteiger partial charge in [-0.25, -0.2) is 0 Å². The molecule has 4 nitrogen and oxygen atoms in total. The van der Waals surface area contributed by atoms with Crippen LogP contribution in [0.4, 0.5) is 5.69 Å². The van der Waals surface area contributed by atoms with E-state index in [0.29, 0.717) is 10.7 Å². The second kappa shape index (κ2) is 5.23. The summed E-state index contributed by atoms with van der Waals surface area (Å²) in [5.41, 5.74) is 3.12. The molecule has 0 saturated heterocycles. The lowest BCUT2D eigenvalue weighted by Crippen LogP contribution is -2.34. The van der Waals surface area contributed by atoms with Crippen LogP contribution in [0.25, 0.3) is 21.9 Å². The first-order valence-corrected chi connectivity index (χ1v) is 8.97. The van der Waals surface area contributed by atoms with Crippen molar-refractivity contribution in [1.82, 2.24) is 4.72 Å². The van der Waals surface area contributed by atoms with Gasteiger partial charge in [-0.05, 0) is 40.1 Å². The van der Waals surface area contributed by atoms with Crippen LogP contribution >= 0.6 is 11.6 Å². The van der Waals surface area contributed by atoms with Crippen LogP contribution in [0.1, 0.15) is 5.56 Å². The summed E-state index contributed by atoms with van der Waals surface area (Å²) < 4.78 is 28.7. The van der Waals surface area contributed by atoms with Crippen molar-refractivity contribution in [3.05, 3.63) is 65.2 Å². The molecule has 0 radical (unpaired) electrons. The van der Waals surface area contributed by atoms with Crippen LogP contribution in [-0.2, 0) is 16.8 Å². The van der Waals surface area contributed by atoms with E-state index < -0.39 is 10.2 Å². The number of nitrogens with one attached hydrogen (secondary N) is 2. The Morgan fingerprint density at radius 3 is 2.57 bits per heavy atom. The number of hydrogen-bond acceptors (Lipinski definition) is 2. The lowest BCUT2D eigenvalue weighted by molar-refractivity contribution is 0.584. The SMILES string of the molecule is O=S1(=O)NCc2cc(Cl)cc(-c3ccc4ccccc4c3)c2N1. The lowest BCUT2D eigenvalue weighted by Gasteiger charge is -2.22. The molecular weight excluding hydrogens is 332 g/mol. The molecule has 3 aromatic rings. The van der Waals surface area contributed by atoms with E-state index in [1.807, 2.05) is 42.5 Å². The Kier molecular flexibility index (Phi) is 3.30. The summed E-state index contributed by atoms with van der Waals surface area (Å²) >= 11 is 6.22. The number of hydrogen-bond donors (Lipinski definition) is 2. The molecule has 0 unspecified atom stereocenters. The van der Waals surface area contributed by atoms with Crippen molar-refractivity contribution in [2.24, 2.45) is 0 Å². The summed E-state index contributed by atoms with van der Waals surface area (Å²) in [6.45, 7) is 0.228. The second-order valence-electron chi connectivity index (χ2n) is 5.48. The highest BCUT2D eigenvalue weighted by Crippen LogP contribution is 2.37. The molecule has 0 saturated carbocycles. The van der Waals surface area contributed by atoms with Gasteiger partial charge in [-0.15, -0.1) is 0 Å². The molecular formula is C17H13ClN2O2S. The predicted octanol–water partition coefficient (Wildman–Crippen LogP) is 3.92. The summed E-state index contributed by atoms with van der Waals surface area (Å²) in [6, 6.07) is 17.6. The Bertz CT molecular complexity index is 1030. The van der Waals surface area contributed by atoms with Crippen molar-refractivity contribution >= 4 is 38.3 Å². The molecule has 0 bridgehead atoms. The average Bonchev–Trinajstić information content (AvgIpc) is 2.54. The molecule has 0 spiro atoms. The Morgan fingerprint density at radius 2 is 1.74 bits per heavy atom. The van der Waals surface area contributed by atoms with Crippen LogP contribution in [-0.4, -0.2) is 8.42 Å². The van der Waals surface area contributed by atoms with Crippen molar-refractivity contribution in [1.29, 1.82) is 0 Å². The third-order valence-corrected chi connectivity index (χ3v) is 5.15. The van der Waals surface area contributed by atoms with E-state index in [2.05, 4.69) is 9.44 Å². The molecule has 6 heteroatoms. The van der Waals surface area contributed by atoms with E-state index in [9.17, 15) is 8.42 Å². The summed E-state index contributed by atoms with van der Waals surface area (Å²) in [5, 5.41) is 2.81. The fourth-order valence-corrected chi connectivity index (χ4v) is 4.02. The summed E-state index contributed by atoms with van der Waals surface area (Å²) in [6.07, 6.45) is 0. The standard InChI is InChI=1S/C17H13ClN2O2S/c18-15-8-14-10-19-23(21,22)20-17(14)16(9-15)13-6-5-11-3-1-2-4-12(11)7-13/h1-9,19-20H,10H2. The third kappa shape index (κ3) is 2.67. The molecule has 0 amide bonds. The van der Waals surface area contributed by atoms with Crippen LogP contribution in [0.15, 0.2) is 54.6 Å². The van der Waals surface area contributed by atoms with E-state index in [1.165, 1.54) is 0 Å². The summed E-state index contributed by atoms with van der Waals surface area (Å²) in [4.78, 5) is 0. The monoisotopic (exact) mass is 344 g/mol. The molecule has 116 valence electrons. The highest BCUT2D eigenvalue weighted by molar-refractivity contribution is 7.90. The van der Waals surface area contributed by atoms with E-state index in [4.69, 9.17) is 11.6 Å². The van der Waals surface area contributed by atoms with Gasteiger partial charge in [0.15, 0.2) is 0 Å². The molecule has 2 N–H and O–H groups in total. The highest BCUT2D eigenvalue weighted by Gasteiger charge is 2.23. The molecule has 0 aromatic heterocycles. The normalized spacial score (nSPS) is 15.9. The van der Waals surface area contributed by atoms with Gasteiger partial charge in [0.1, 0.15) is 0 Å². The maximum absolute atomic E-state index is 11.8. The van der Waals surface area contributed by atoms with Gasteiger partial charge in [-0.1, -0.05) is 48.0 Å². The Morgan fingerprint density at radius 1 is 0.957 bits per heavy atom. The zero-order valence-corrected chi connectivity index (χ0v) is 13.6. The van der Waals surface area contributed by atoms with Gasteiger partial charge in [-0.3, -0.25) is 4.72 Å². The summed E-state index contributed by atoms with van der Waals surface area (Å²) in [7, 11) is -3.53. The van der Waals surface area contributed by atoms with Gasteiger partial charge in [-0.2, -0.15) is 13.1 Å². The van der Waals surface area contributed by atoms with Crippen molar-refractivity contribution in [2.45, 2.75) is 6.54 Å². The number of halogens is 1. The van der Waals surface area contributed by atoms with Crippen molar-refractivity contribution in [3.8, 4) is 11.1 Å². The second-order valence-corrected chi connectivity index (χ2v) is 7.41. The zero-order valence-electron chi connectivity index (χ0n) is 12.0. The van der Waals surface area contributed by atoms with Gasteiger partial charge < -0.3 is 0 Å². The molecule has 1 aliphatic rings. The molecule has 0 atom stereocenters. The molecule has 1 heterocycles. The number of fused-ring (bicyclic) bond motifs is 2. The first kappa shape index (κ1) is 14.5. The maximum Gasteiger partial charge on any atom is 0.299 e. The first-order valence-electron chi connectivity index (χ1n) is 7.11. The van der Waals surface area contributed by atoms with Crippen molar-refractivity contribution in [2.75, 3.05) is 4.72 Å². The molecule has 23 heavy (non-hydrogen) atoms. The van der Waals surface area contributed by atoms with Crippen molar-refractivity contribution in [3.63, 3.8) is 0 Å². The third-order valence-electron chi connectivity index (χ3n) is 3.93. The number of rotatable bonds is 1. The van der Waals surface area contributed by atoms with Crippen LogP contribution in [0.3, 0.4) is 0 Å². The smallest absolute Gasteiger partial charge is 0.270 e. The predicted molar refractivity (Wildman–Crippen MR) is 93.8 cm³/mol. The van der Waals surface area contributed by atoms with Gasteiger partial charge in [0.2, 0.25) is 0 Å². The number of anilines is 1. The van der Waals surface area contributed by atoms with E-state index in [0.717, 1.165) is 27.5 Å². The zero-order chi connectivity index (χ0) is 16.0. The quantitative estimate of drug-likeness (QED) is 0.703. The Labute approximate surface area is 139 Å². The Balaban J connectivity index is 1.95. The Hall–Kier alpha value is -2.08. The fraction of sp³-hybridized carbons (Fsp3) is 0.0588. The van der Waals surface area contributed by atoms with Gasteiger partial charge in [0, 0.05) is 17.1 Å². The van der Waals surface area contributed by atoms with Gasteiger partial charge in [0.05, 0.1) is 5.69 Å². The highest BCUT2D eigenvalue weighted by atomic mass is 35.5. The van der Waals surface area contributed by atoms with Crippen molar-refractivity contribution < 1.29 is 8.42 Å². The molecule has 0 aliphatic carbocycles.